The Morgan fingerprint density at radius 3 is 2.53 bits per heavy atom. The summed E-state index contributed by atoms with van der Waals surface area (Å²) in [5.74, 6) is 0.176. The number of carbonyl (C=O) groups is 3. The number of ether oxygens (including phenoxy) is 1. The molecule has 0 fully saturated rings. The van der Waals surface area contributed by atoms with Gasteiger partial charge >= 0.3 is 6.09 Å². The van der Waals surface area contributed by atoms with Gasteiger partial charge in [-0.05, 0) is 70.0 Å². The molecule has 30 heavy (non-hydrogen) atoms. The lowest BCUT2D eigenvalue weighted by Crippen LogP contribution is -2.34. The summed E-state index contributed by atoms with van der Waals surface area (Å²) >= 11 is 0. The van der Waals surface area contributed by atoms with Gasteiger partial charge in [0.05, 0.1) is 0 Å². The summed E-state index contributed by atoms with van der Waals surface area (Å²) < 4.78 is 7.45. The van der Waals surface area contributed by atoms with Crippen LogP contribution in [0.3, 0.4) is 0 Å². The maximum atomic E-state index is 12.3. The molecule has 2 aromatic carbocycles. The van der Waals surface area contributed by atoms with Crippen molar-refractivity contribution in [2.45, 2.75) is 52.7 Å². The van der Waals surface area contributed by atoms with E-state index in [0.717, 1.165) is 32.9 Å². The highest BCUT2D eigenvalue weighted by molar-refractivity contribution is 6.16. The maximum absolute atomic E-state index is 12.3. The van der Waals surface area contributed by atoms with E-state index in [2.05, 4.69) is 9.88 Å². The molecule has 0 unspecified atom stereocenters. The third-order valence-electron chi connectivity index (χ3n) is 5.45. The number of nitrogens with zero attached hydrogens (tertiary/aromatic N) is 1. The fraction of sp³-hybridized carbons (Fsp3) is 0.375. The van der Waals surface area contributed by atoms with E-state index in [1.807, 2.05) is 51.1 Å². The molecular formula is C24H26N2O4. The van der Waals surface area contributed by atoms with Gasteiger partial charge in [0.25, 0.3) is 0 Å². The Balaban J connectivity index is 1.76. The second-order valence-electron chi connectivity index (χ2n) is 8.78. The first kappa shape index (κ1) is 20.1. The molecule has 1 aliphatic rings. The summed E-state index contributed by atoms with van der Waals surface area (Å²) in [7, 11) is 0. The quantitative estimate of drug-likeness (QED) is 0.640. The summed E-state index contributed by atoms with van der Waals surface area (Å²) in [4.78, 5) is 36.2. The SMILES string of the molecule is CC(=O)c1ccc2c(c1)c1c3c(ccc1n2CCNC(=O)OC(C)(C)C)C(=O)CC3. The number of fused-ring (bicyclic) bond motifs is 5. The molecule has 156 valence electrons. The number of nitrogens with one attached hydrogen (secondary N) is 1. The minimum absolute atomic E-state index is 0.00745. The Labute approximate surface area is 175 Å². The average molecular weight is 406 g/mol. The lowest BCUT2D eigenvalue weighted by atomic mass is 10.0. The summed E-state index contributed by atoms with van der Waals surface area (Å²) in [5, 5.41) is 4.82. The Morgan fingerprint density at radius 1 is 1.10 bits per heavy atom. The van der Waals surface area contributed by atoms with Gasteiger partial charge < -0.3 is 14.6 Å². The number of aromatic nitrogens is 1. The molecule has 1 N–H and O–H groups in total. The Kier molecular flexibility index (Phi) is 4.88. The van der Waals surface area contributed by atoms with Gasteiger partial charge in [0, 0.05) is 52.4 Å². The van der Waals surface area contributed by atoms with Gasteiger partial charge in [-0.25, -0.2) is 4.79 Å². The minimum atomic E-state index is -0.549. The number of amides is 1. The Morgan fingerprint density at radius 2 is 1.83 bits per heavy atom. The molecule has 6 nitrogen and oxygen atoms in total. The number of alkyl carbamates (subject to hydrolysis) is 1. The monoisotopic (exact) mass is 406 g/mol. The number of benzene rings is 2. The van der Waals surface area contributed by atoms with Crippen molar-refractivity contribution in [3.05, 3.63) is 47.0 Å². The van der Waals surface area contributed by atoms with Crippen LogP contribution in [0, 0.1) is 0 Å². The van der Waals surface area contributed by atoms with Crippen LogP contribution in [0.25, 0.3) is 21.8 Å². The van der Waals surface area contributed by atoms with Crippen LogP contribution in [-0.2, 0) is 17.7 Å². The number of hydrogen-bond donors (Lipinski definition) is 1. The number of aryl methyl sites for hydroxylation is 1. The molecule has 0 bridgehead atoms. The molecular weight excluding hydrogens is 380 g/mol. The van der Waals surface area contributed by atoms with Gasteiger partial charge in [-0.3, -0.25) is 9.59 Å². The summed E-state index contributed by atoms with van der Waals surface area (Å²) in [6.07, 6.45) is 0.785. The van der Waals surface area contributed by atoms with Crippen LogP contribution in [0.5, 0.6) is 0 Å². The van der Waals surface area contributed by atoms with Crippen molar-refractivity contribution in [1.29, 1.82) is 0 Å². The second-order valence-corrected chi connectivity index (χ2v) is 8.78. The zero-order chi connectivity index (χ0) is 21.6. The highest BCUT2D eigenvalue weighted by Crippen LogP contribution is 2.37. The van der Waals surface area contributed by atoms with E-state index in [0.29, 0.717) is 31.5 Å². The van der Waals surface area contributed by atoms with Crippen molar-refractivity contribution in [2.24, 2.45) is 0 Å². The van der Waals surface area contributed by atoms with Crippen molar-refractivity contribution >= 4 is 39.5 Å². The molecule has 1 aromatic heterocycles. The lowest BCUT2D eigenvalue weighted by molar-refractivity contribution is 0.0526. The third-order valence-corrected chi connectivity index (χ3v) is 5.45. The van der Waals surface area contributed by atoms with E-state index < -0.39 is 11.7 Å². The molecule has 4 rings (SSSR count). The van der Waals surface area contributed by atoms with Crippen molar-refractivity contribution < 1.29 is 19.1 Å². The molecule has 1 aliphatic carbocycles. The van der Waals surface area contributed by atoms with Gasteiger partial charge in [-0.1, -0.05) is 0 Å². The molecule has 0 radical (unpaired) electrons. The summed E-state index contributed by atoms with van der Waals surface area (Å²) in [6, 6.07) is 9.56. The molecule has 0 saturated carbocycles. The number of ketones is 2. The van der Waals surface area contributed by atoms with Crippen molar-refractivity contribution in [1.82, 2.24) is 9.88 Å². The van der Waals surface area contributed by atoms with Crippen LogP contribution in [0.1, 0.15) is 60.4 Å². The topological polar surface area (TPSA) is 77.4 Å². The highest BCUT2D eigenvalue weighted by atomic mass is 16.6. The van der Waals surface area contributed by atoms with E-state index in [1.54, 1.807) is 6.92 Å². The third kappa shape index (κ3) is 3.58. The van der Waals surface area contributed by atoms with E-state index in [4.69, 9.17) is 4.74 Å². The van der Waals surface area contributed by atoms with Crippen LogP contribution < -0.4 is 5.32 Å². The zero-order valence-corrected chi connectivity index (χ0v) is 17.8. The molecule has 6 heteroatoms. The van der Waals surface area contributed by atoms with E-state index >= 15 is 0 Å². The summed E-state index contributed by atoms with van der Waals surface area (Å²) in [6.45, 7) is 7.98. The Hall–Kier alpha value is -3.15. The van der Waals surface area contributed by atoms with Gasteiger partial charge in [0.1, 0.15) is 5.60 Å². The maximum Gasteiger partial charge on any atom is 0.407 e. The predicted octanol–water partition coefficient (Wildman–Crippen LogP) is 4.65. The van der Waals surface area contributed by atoms with Crippen LogP contribution in [0.2, 0.25) is 0 Å². The molecule has 1 heterocycles. The normalized spacial score (nSPS) is 13.7. The first-order valence-corrected chi connectivity index (χ1v) is 10.2. The van der Waals surface area contributed by atoms with Crippen molar-refractivity contribution in [3.8, 4) is 0 Å². The van der Waals surface area contributed by atoms with E-state index in [1.165, 1.54) is 0 Å². The van der Waals surface area contributed by atoms with E-state index in [-0.39, 0.29) is 11.6 Å². The molecule has 0 saturated heterocycles. The zero-order valence-electron chi connectivity index (χ0n) is 17.8. The number of Topliss-reactive ketones (excluding diaryl/α,β-unsaturated/α-hetero) is 2. The minimum Gasteiger partial charge on any atom is -0.444 e. The lowest BCUT2D eigenvalue weighted by Gasteiger charge is -2.19. The average Bonchev–Trinajstić information content (AvgIpc) is 3.18. The van der Waals surface area contributed by atoms with Gasteiger partial charge in [0.15, 0.2) is 11.6 Å². The fourth-order valence-electron chi connectivity index (χ4n) is 4.20. The second kappa shape index (κ2) is 7.27. The van der Waals surface area contributed by atoms with Crippen LogP contribution in [0.15, 0.2) is 30.3 Å². The first-order valence-electron chi connectivity index (χ1n) is 10.2. The predicted molar refractivity (Wildman–Crippen MR) is 116 cm³/mol. The number of rotatable bonds is 4. The van der Waals surface area contributed by atoms with Gasteiger partial charge in [-0.15, -0.1) is 0 Å². The molecule has 0 aliphatic heterocycles. The largest absolute Gasteiger partial charge is 0.444 e. The molecule has 0 atom stereocenters. The van der Waals surface area contributed by atoms with Crippen LogP contribution in [-0.4, -0.2) is 34.4 Å². The van der Waals surface area contributed by atoms with Crippen LogP contribution >= 0.6 is 0 Å². The Bertz CT molecular complexity index is 1200. The van der Waals surface area contributed by atoms with E-state index in [9.17, 15) is 14.4 Å². The highest BCUT2D eigenvalue weighted by Gasteiger charge is 2.25. The molecule has 1 amide bonds. The molecule has 0 spiro atoms. The standard InChI is InChI=1S/C24H26N2O4/c1-14(27)15-5-8-19-18(13-15)22-17-7-10-21(28)16(17)6-9-20(22)26(19)12-11-25-23(29)30-24(2,3)4/h5-6,8-9,13H,7,10-12H2,1-4H3,(H,25,29). The van der Waals surface area contributed by atoms with Gasteiger partial charge in [0.2, 0.25) is 0 Å². The smallest absolute Gasteiger partial charge is 0.407 e. The first-order chi connectivity index (χ1) is 14.2. The van der Waals surface area contributed by atoms with Crippen molar-refractivity contribution in [3.63, 3.8) is 0 Å². The number of carbonyl (C=O) groups excluding carboxylic acids is 3. The van der Waals surface area contributed by atoms with Crippen molar-refractivity contribution in [2.75, 3.05) is 6.54 Å². The van der Waals surface area contributed by atoms with Crippen LogP contribution in [0.4, 0.5) is 4.79 Å². The summed E-state index contributed by atoms with van der Waals surface area (Å²) in [5.41, 5.74) is 3.92. The molecule has 3 aromatic rings. The fourth-order valence-corrected chi connectivity index (χ4v) is 4.20. The van der Waals surface area contributed by atoms with Gasteiger partial charge in [-0.2, -0.15) is 0 Å². The number of hydrogen-bond acceptors (Lipinski definition) is 4.